The molecule has 1 rings (SSSR count). The monoisotopic (exact) mass is 509 g/mol. The van der Waals surface area contributed by atoms with Crippen LogP contribution in [0.5, 0.6) is 0 Å². The molecule has 0 radical (unpaired) electrons. The minimum atomic E-state index is -1.30. The van der Waals surface area contributed by atoms with Crippen molar-refractivity contribution in [2.75, 3.05) is 5.75 Å². The van der Waals surface area contributed by atoms with E-state index in [2.05, 4.69) is 28.6 Å². The van der Waals surface area contributed by atoms with Crippen molar-refractivity contribution in [2.24, 2.45) is 17.4 Å². The number of carbonyl (C=O) groups is 5. The van der Waals surface area contributed by atoms with Crippen molar-refractivity contribution in [3.8, 4) is 0 Å². The molecule has 0 fully saturated rings. The first-order chi connectivity index (χ1) is 16.4. The van der Waals surface area contributed by atoms with Crippen molar-refractivity contribution in [1.29, 1.82) is 0 Å². The number of thiol groups is 1. The van der Waals surface area contributed by atoms with Gasteiger partial charge in [0.15, 0.2) is 0 Å². The Bertz CT molecular complexity index is 882. The van der Waals surface area contributed by atoms with Gasteiger partial charge in [0.2, 0.25) is 23.6 Å². The standard InChI is InChI=1S/C23H35N5O6S/c1-13(2)10-15(24)20(30)27-17(11-14-6-4-3-5-7-14)22(32)26-16(8-9-19(25)29)21(31)28-18(12-35)23(33)34/h3-7,13,15-18,35H,8-12,24H2,1-2H3,(H2,25,29)(H,26,32)(H,27,30)(H,28,31)(H,33,34). The summed E-state index contributed by atoms with van der Waals surface area (Å²) in [7, 11) is 0. The van der Waals surface area contributed by atoms with Crippen LogP contribution in [0.1, 0.15) is 38.7 Å². The Morgan fingerprint density at radius 1 is 0.914 bits per heavy atom. The third-order valence-electron chi connectivity index (χ3n) is 5.09. The van der Waals surface area contributed by atoms with Gasteiger partial charge < -0.3 is 32.5 Å². The molecule has 0 heterocycles. The van der Waals surface area contributed by atoms with Crippen LogP contribution < -0.4 is 27.4 Å². The number of hydrogen-bond acceptors (Lipinski definition) is 7. The number of nitrogens with one attached hydrogen (secondary N) is 3. The first-order valence-corrected chi connectivity index (χ1v) is 11.9. The number of carbonyl (C=O) groups excluding carboxylic acids is 4. The second-order valence-electron chi connectivity index (χ2n) is 8.64. The maximum atomic E-state index is 13.2. The number of benzene rings is 1. The van der Waals surface area contributed by atoms with Crippen LogP contribution in [0.2, 0.25) is 0 Å². The van der Waals surface area contributed by atoms with Gasteiger partial charge >= 0.3 is 5.97 Å². The minimum Gasteiger partial charge on any atom is -0.480 e. The average molecular weight is 510 g/mol. The lowest BCUT2D eigenvalue weighted by Crippen LogP contribution is -2.58. The number of primary amides is 1. The summed E-state index contributed by atoms with van der Waals surface area (Å²) in [5.74, 6) is -4.06. The molecule has 35 heavy (non-hydrogen) atoms. The minimum absolute atomic E-state index is 0.116. The van der Waals surface area contributed by atoms with Crippen molar-refractivity contribution in [1.82, 2.24) is 16.0 Å². The van der Waals surface area contributed by atoms with Crippen LogP contribution in [0.3, 0.4) is 0 Å². The zero-order valence-electron chi connectivity index (χ0n) is 19.9. The summed E-state index contributed by atoms with van der Waals surface area (Å²) in [5.41, 5.74) is 11.9. The number of amides is 4. The lowest BCUT2D eigenvalue weighted by Gasteiger charge is -2.25. The first-order valence-electron chi connectivity index (χ1n) is 11.3. The molecule has 0 aromatic heterocycles. The molecule has 1 aromatic carbocycles. The molecule has 0 saturated carbocycles. The highest BCUT2D eigenvalue weighted by Gasteiger charge is 2.30. The van der Waals surface area contributed by atoms with E-state index in [9.17, 15) is 29.1 Å². The molecule has 0 aliphatic heterocycles. The molecule has 0 aliphatic rings. The van der Waals surface area contributed by atoms with E-state index in [0.29, 0.717) is 6.42 Å². The number of rotatable bonds is 15. The number of carboxylic acid groups (broad SMARTS) is 1. The fourth-order valence-corrected chi connectivity index (χ4v) is 3.49. The van der Waals surface area contributed by atoms with Gasteiger partial charge in [-0.25, -0.2) is 4.79 Å². The van der Waals surface area contributed by atoms with E-state index >= 15 is 0 Å². The topological polar surface area (TPSA) is 194 Å². The highest BCUT2D eigenvalue weighted by atomic mass is 32.1. The fraction of sp³-hybridized carbons (Fsp3) is 0.522. The van der Waals surface area contributed by atoms with E-state index in [1.54, 1.807) is 30.3 Å². The first kappa shape index (κ1) is 29.9. The van der Waals surface area contributed by atoms with Crippen molar-refractivity contribution < 1.29 is 29.1 Å². The Kier molecular flexibility index (Phi) is 12.8. The number of hydrogen-bond donors (Lipinski definition) is 7. The maximum Gasteiger partial charge on any atom is 0.327 e. The smallest absolute Gasteiger partial charge is 0.327 e. The summed E-state index contributed by atoms with van der Waals surface area (Å²) in [6.45, 7) is 3.83. The Morgan fingerprint density at radius 2 is 1.46 bits per heavy atom. The molecular formula is C23H35N5O6S. The van der Waals surface area contributed by atoms with Crippen LogP contribution in [0, 0.1) is 5.92 Å². The molecule has 0 saturated heterocycles. The zero-order valence-corrected chi connectivity index (χ0v) is 20.8. The van der Waals surface area contributed by atoms with Crippen LogP contribution in [-0.2, 0) is 30.4 Å². The number of nitrogens with two attached hydrogens (primary N) is 2. The van der Waals surface area contributed by atoms with Gasteiger partial charge in [-0.3, -0.25) is 19.2 Å². The number of carboxylic acids is 1. The van der Waals surface area contributed by atoms with Crippen molar-refractivity contribution in [3.63, 3.8) is 0 Å². The largest absolute Gasteiger partial charge is 0.480 e. The molecule has 8 N–H and O–H groups in total. The molecule has 0 spiro atoms. The van der Waals surface area contributed by atoms with E-state index in [1.807, 2.05) is 13.8 Å². The highest BCUT2D eigenvalue weighted by molar-refractivity contribution is 7.80. The van der Waals surface area contributed by atoms with Crippen LogP contribution in [0.4, 0.5) is 0 Å². The Balaban J connectivity index is 3.09. The molecule has 4 atom stereocenters. The fourth-order valence-electron chi connectivity index (χ4n) is 3.24. The quantitative estimate of drug-likeness (QED) is 0.152. The highest BCUT2D eigenvalue weighted by Crippen LogP contribution is 2.08. The van der Waals surface area contributed by atoms with Crippen LogP contribution >= 0.6 is 12.6 Å². The second-order valence-corrected chi connectivity index (χ2v) is 9.00. The molecule has 4 amide bonds. The normalized spacial score (nSPS) is 14.3. The van der Waals surface area contributed by atoms with E-state index < -0.39 is 53.8 Å². The van der Waals surface area contributed by atoms with Crippen LogP contribution in [-0.4, -0.2) is 64.6 Å². The Hall–Kier alpha value is -3.12. The van der Waals surface area contributed by atoms with Crippen molar-refractivity contribution >= 4 is 42.2 Å². The van der Waals surface area contributed by atoms with E-state index in [4.69, 9.17) is 11.5 Å². The maximum absolute atomic E-state index is 13.2. The molecule has 12 heteroatoms. The van der Waals surface area contributed by atoms with Gasteiger partial charge in [-0.1, -0.05) is 44.2 Å². The van der Waals surface area contributed by atoms with Gasteiger partial charge in [0.25, 0.3) is 0 Å². The zero-order chi connectivity index (χ0) is 26.5. The summed E-state index contributed by atoms with van der Waals surface area (Å²) in [4.78, 5) is 61.1. The molecule has 0 bridgehead atoms. The second kappa shape index (κ2) is 15.0. The van der Waals surface area contributed by atoms with Gasteiger partial charge in [0, 0.05) is 18.6 Å². The summed E-state index contributed by atoms with van der Waals surface area (Å²) < 4.78 is 0. The molecule has 0 aliphatic carbocycles. The SMILES string of the molecule is CC(C)CC(N)C(=O)NC(Cc1ccccc1)C(=O)NC(CCC(N)=O)C(=O)NC(CS)C(=O)O. The predicted molar refractivity (Wildman–Crippen MR) is 133 cm³/mol. The molecule has 4 unspecified atom stereocenters. The molecule has 1 aromatic rings. The summed E-state index contributed by atoms with van der Waals surface area (Å²) in [6, 6.07) is 4.45. The third kappa shape index (κ3) is 11.2. The van der Waals surface area contributed by atoms with Gasteiger partial charge in [-0.2, -0.15) is 12.6 Å². The van der Waals surface area contributed by atoms with Crippen LogP contribution in [0.15, 0.2) is 30.3 Å². The average Bonchev–Trinajstić information content (AvgIpc) is 2.79. The van der Waals surface area contributed by atoms with E-state index in [1.165, 1.54) is 0 Å². The predicted octanol–water partition coefficient (Wildman–Crippen LogP) is -0.663. The molecule has 11 nitrogen and oxygen atoms in total. The van der Waals surface area contributed by atoms with Gasteiger partial charge in [0.05, 0.1) is 6.04 Å². The third-order valence-corrected chi connectivity index (χ3v) is 5.45. The lowest BCUT2D eigenvalue weighted by atomic mass is 10.0. The number of aliphatic carboxylic acids is 1. The van der Waals surface area contributed by atoms with Crippen molar-refractivity contribution in [2.45, 2.75) is 63.7 Å². The van der Waals surface area contributed by atoms with Gasteiger partial charge in [-0.05, 0) is 24.3 Å². The van der Waals surface area contributed by atoms with Gasteiger partial charge in [0.1, 0.15) is 18.1 Å². The Labute approximate surface area is 210 Å². The molecular weight excluding hydrogens is 474 g/mol. The lowest BCUT2D eigenvalue weighted by molar-refractivity contribution is -0.141. The summed E-state index contributed by atoms with van der Waals surface area (Å²) in [5, 5.41) is 16.6. The van der Waals surface area contributed by atoms with Crippen molar-refractivity contribution in [3.05, 3.63) is 35.9 Å². The van der Waals surface area contributed by atoms with E-state index in [0.717, 1.165) is 5.56 Å². The molecule has 194 valence electrons. The van der Waals surface area contributed by atoms with E-state index in [-0.39, 0.29) is 30.9 Å². The van der Waals surface area contributed by atoms with Gasteiger partial charge in [-0.15, -0.1) is 0 Å². The summed E-state index contributed by atoms with van der Waals surface area (Å²) in [6.07, 6.45) is 0.136. The summed E-state index contributed by atoms with van der Waals surface area (Å²) >= 11 is 3.90. The van der Waals surface area contributed by atoms with Crippen LogP contribution in [0.25, 0.3) is 0 Å². The Morgan fingerprint density at radius 3 is 1.97 bits per heavy atom.